The van der Waals surface area contributed by atoms with Crippen molar-refractivity contribution in [1.29, 1.82) is 0 Å². The van der Waals surface area contributed by atoms with Crippen molar-refractivity contribution < 1.29 is 18.3 Å². The maximum Gasteiger partial charge on any atom is 0.341 e. The number of nitrogens with zero attached hydrogens (tertiary/aromatic N) is 1. The molecule has 0 aliphatic carbocycles. The first-order valence-electron chi connectivity index (χ1n) is 5.82. The average molecular weight is 345 g/mol. The van der Waals surface area contributed by atoms with Crippen molar-refractivity contribution in [2.24, 2.45) is 0 Å². The molecule has 0 radical (unpaired) electrons. The Balaban J connectivity index is 2.82. The Kier molecular flexibility index (Phi) is 4.17. The smallest absolute Gasteiger partial charge is 0.341 e. The molecule has 7 heteroatoms. The molecule has 0 amide bonds. The number of ether oxygens (including phenoxy) is 1. The highest BCUT2D eigenvalue weighted by molar-refractivity contribution is 9.10. The van der Waals surface area contributed by atoms with E-state index in [1.54, 1.807) is 14.0 Å². The molecule has 0 spiro atoms. The number of rotatable bonds is 3. The Labute approximate surface area is 122 Å². The summed E-state index contributed by atoms with van der Waals surface area (Å²) in [5.41, 5.74) is 0.349. The quantitative estimate of drug-likeness (QED) is 0.683. The number of nitrogens with one attached hydrogen (secondary N) is 1. The molecule has 20 heavy (non-hydrogen) atoms. The maximum atomic E-state index is 13.8. The lowest BCUT2D eigenvalue weighted by Gasteiger charge is -2.13. The zero-order valence-corrected chi connectivity index (χ0v) is 12.3. The normalized spacial score (nSPS) is 10.7. The average Bonchev–Trinajstić information content (AvgIpc) is 2.43. The van der Waals surface area contributed by atoms with Gasteiger partial charge in [0, 0.05) is 24.7 Å². The van der Waals surface area contributed by atoms with Crippen LogP contribution in [0.5, 0.6) is 0 Å². The number of esters is 1. The van der Waals surface area contributed by atoms with Crippen LogP contribution >= 0.6 is 15.9 Å². The number of benzene rings is 1. The van der Waals surface area contributed by atoms with E-state index in [4.69, 9.17) is 4.74 Å². The molecule has 106 valence electrons. The van der Waals surface area contributed by atoms with Crippen LogP contribution in [0.15, 0.2) is 16.7 Å². The molecular weight excluding hydrogens is 334 g/mol. The Hall–Kier alpha value is -1.76. The van der Waals surface area contributed by atoms with Gasteiger partial charge in [0.2, 0.25) is 0 Å². The number of pyridine rings is 1. The van der Waals surface area contributed by atoms with Gasteiger partial charge in [-0.3, -0.25) is 4.98 Å². The van der Waals surface area contributed by atoms with Gasteiger partial charge in [0.15, 0.2) is 5.82 Å². The summed E-state index contributed by atoms with van der Waals surface area (Å²) in [4.78, 5) is 15.7. The van der Waals surface area contributed by atoms with E-state index < -0.39 is 17.6 Å². The molecule has 2 rings (SSSR count). The van der Waals surface area contributed by atoms with E-state index in [9.17, 15) is 13.6 Å². The predicted molar refractivity (Wildman–Crippen MR) is 74.9 cm³/mol. The number of halogens is 3. The van der Waals surface area contributed by atoms with Gasteiger partial charge in [0.1, 0.15) is 16.9 Å². The van der Waals surface area contributed by atoms with Crippen LogP contribution < -0.4 is 5.32 Å². The number of anilines is 1. The number of hydrogen-bond acceptors (Lipinski definition) is 4. The summed E-state index contributed by atoms with van der Waals surface area (Å²) < 4.78 is 32.3. The number of carbonyl (C=O) groups excluding carboxylic acids is 1. The molecule has 4 nitrogen and oxygen atoms in total. The highest BCUT2D eigenvalue weighted by Crippen LogP contribution is 2.35. The minimum atomic E-state index is -0.799. The molecule has 0 aliphatic rings. The van der Waals surface area contributed by atoms with Crippen molar-refractivity contribution in [2.45, 2.75) is 6.92 Å². The molecule has 1 aromatic heterocycles. The van der Waals surface area contributed by atoms with Crippen molar-refractivity contribution in [2.75, 3.05) is 19.0 Å². The zero-order valence-electron chi connectivity index (χ0n) is 10.8. The highest BCUT2D eigenvalue weighted by Gasteiger charge is 2.21. The second-order valence-electron chi connectivity index (χ2n) is 3.90. The Bertz CT molecular complexity index is 692. The summed E-state index contributed by atoms with van der Waals surface area (Å²) in [6, 6.07) is 0.739. The van der Waals surface area contributed by atoms with E-state index in [0.717, 1.165) is 6.07 Å². The van der Waals surface area contributed by atoms with E-state index in [-0.39, 0.29) is 33.2 Å². The van der Waals surface area contributed by atoms with E-state index in [1.165, 1.54) is 6.20 Å². The van der Waals surface area contributed by atoms with Crippen molar-refractivity contribution >= 4 is 38.5 Å². The van der Waals surface area contributed by atoms with Gasteiger partial charge in [-0.25, -0.2) is 13.6 Å². The topological polar surface area (TPSA) is 51.2 Å². The van der Waals surface area contributed by atoms with Crippen LogP contribution in [0, 0.1) is 11.6 Å². The molecule has 0 bridgehead atoms. The third-order valence-corrected chi connectivity index (χ3v) is 3.51. The summed E-state index contributed by atoms with van der Waals surface area (Å²) in [5.74, 6) is -2.18. The lowest BCUT2D eigenvalue weighted by Crippen LogP contribution is -2.10. The molecule has 1 heterocycles. The van der Waals surface area contributed by atoms with Crippen molar-refractivity contribution in [1.82, 2.24) is 4.98 Å². The van der Waals surface area contributed by atoms with Crippen LogP contribution in [-0.4, -0.2) is 24.6 Å². The summed E-state index contributed by atoms with van der Waals surface area (Å²) >= 11 is 3.06. The fraction of sp³-hybridized carbons (Fsp3) is 0.231. The van der Waals surface area contributed by atoms with Crippen LogP contribution in [0.3, 0.4) is 0 Å². The fourth-order valence-electron chi connectivity index (χ4n) is 1.89. The SMILES string of the molecule is CCOC(=O)c1cnc2c(F)cc(F)c(Br)c2c1NC. The number of hydrogen-bond donors (Lipinski definition) is 1. The summed E-state index contributed by atoms with van der Waals surface area (Å²) in [7, 11) is 1.55. The summed E-state index contributed by atoms with van der Waals surface area (Å²) in [6.45, 7) is 1.86. The van der Waals surface area contributed by atoms with Crippen LogP contribution in [0.2, 0.25) is 0 Å². The fourth-order valence-corrected chi connectivity index (χ4v) is 2.39. The first-order valence-corrected chi connectivity index (χ1v) is 6.61. The van der Waals surface area contributed by atoms with Gasteiger partial charge in [-0.1, -0.05) is 0 Å². The molecule has 0 fully saturated rings. The Morgan fingerprint density at radius 1 is 1.45 bits per heavy atom. The van der Waals surface area contributed by atoms with Gasteiger partial charge in [-0.05, 0) is 22.9 Å². The van der Waals surface area contributed by atoms with Crippen molar-refractivity contribution in [3.05, 3.63) is 33.9 Å². The maximum absolute atomic E-state index is 13.8. The van der Waals surface area contributed by atoms with Crippen LogP contribution in [0.1, 0.15) is 17.3 Å². The van der Waals surface area contributed by atoms with E-state index in [2.05, 4.69) is 26.2 Å². The highest BCUT2D eigenvalue weighted by atomic mass is 79.9. The standard InChI is InChI=1S/C13H11BrF2N2O2/c1-3-20-13(19)6-5-18-12-8(16)4-7(15)10(14)9(12)11(6)17-2/h4-5H,3H2,1-2H3,(H,17,18). The van der Waals surface area contributed by atoms with Gasteiger partial charge in [0.05, 0.1) is 16.8 Å². The molecule has 1 N–H and O–H groups in total. The van der Waals surface area contributed by atoms with Gasteiger partial charge < -0.3 is 10.1 Å². The minimum absolute atomic E-state index is 0.0318. The van der Waals surface area contributed by atoms with E-state index >= 15 is 0 Å². The van der Waals surface area contributed by atoms with Gasteiger partial charge >= 0.3 is 5.97 Å². The summed E-state index contributed by atoms with van der Waals surface area (Å²) in [5, 5.41) is 2.93. The minimum Gasteiger partial charge on any atom is -0.462 e. The van der Waals surface area contributed by atoms with Gasteiger partial charge in [-0.15, -0.1) is 0 Å². The molecule has 1 aromatic carbocycles. The summed E-state index contributed by atoms with van der Waals surface area (Å²) in [6.07, 6.45) is 1.21. The van der Waals surface area contributed by atoms with Crippen LogP contribution in [0.25, 0.3) is 10.9 Å². The second kappa shape index (κ2) is 5.70. The Morgan fingerprint density at radius 2 is 2.15 bits per heavy atom. The first kappa shape index (κ1) is 14.6. The third-order valence-electron chi connectivity index (χ3n) is 2.73. The lowest BCUT2D eigenvalue weighted by atomic mass is 10.1. The van der Waals surface area contributed by atoms with E-state index in [0.29, 0.717) is 0 Å². The number of aromatic nitrogens is 1. The molecule has 0 unspecified atom stereocenters. The monoisotopic (exact) mass is 344 g/mol. The van der Waals surface area contributed by atoms with Crippen LogP contribution in [-0.2, 0) is 4.74 Å². The zero-order chi connectivity index (χ0) is 14.9. The molecule has 0 saturated carbocycles. The molecular formula is C13H11BrF2N2O2. The van der Waals surface area contributed by atoms with Crippen LogP contribution in [0.4, 0.5) is 14.5 Å². The largest absolute Gasteiger partial charge is 0.462 e. The Morgan fingerprint density at radius 3 is 2.75 bits per heavy atom. The predicted octanol–water partition coefficient (Wildman–Crippen LogP) is 3.49. The van der Waals surface area contributed by atoms with Gasteiger partial charge in [0.25, 0.3) is 0 Å². The lowest BCUT2D eigenvalue weighted by molar-refractivity contribution is 0.0527. The molecule has 2 aromatic rings. The third kappa shape index (κ3) is 2.33. The number of fused-ring (bicyclic) bond motifs is 1. The molecule has 0 saturated heterocycles. The van der Waals surface area contributed by atoms with Crippen molar-refractivity contribution in [3.8, 4) is 0 Å². The number of carbonyl (C=O) groups is 1. The van der Waals surface area contributed by atoms with Gasteiger partial charge in [-0.2, -0.15) is 0 Å². The first-order chi connectivity index (χ1) is 9.51. The molecule has 0 atom stereocenters. The molecule has 0 aliphatic heterocycles. The second-order valence-corrected chi connectivity index (χ2v) is 4.69. The van der Waals surface area contributed by atoms with E-state index in [1.807, 2.05) is 0 Å². The van der Waals surface area contributed by atoms with Crippen molar-refractivity contribution in [3.63, 3.8) is 0 Å².